The zero-order chi connectivity index (χ0) is 20.5. The lowest BCUT2D eigenvalue weighted by molar-refractivity contribution is 0.0735. The number of unbranched alkanes of at least 4 members (excludes halogenated alkanes) is 1. The summed E-state index contributed by atoms with van der Waals surface area (Å²) in [7, 11) is 0. The minimum atomic E-state index is -0.440. The molecular formula is C25H21NO3. The molecule has 0 aliphatic carbocycles. The number of nitrogens with zero attached hydrogens (tertiary/aromatic N) is 1. The SMILES string of the molecule is C=CCCCOc1ccc(C(=O)Oc2ccccc2-c2ccc(C#N)cc2)cc1. The van der Waals surface area contributed by atoms with Gasteiger partial charge in [0.25, 0.3) is 0 Å². The van der Waals surface area contributed by atoms with Gasteiger partial charge in [-0.05, 0) is 60.9 Å². The van der Waals surface area contributed by atoms with E-state index in [1.807, 2.05) is 36.4 Å². The van der Waals surface area contributed by atoms with E-state index in [-0.39, 0.29) is 0 Å². The Bertz CT molecular complexity index is 1020. The Labute approximate surface area is 170 Å². The Morgan fingerprint density at radius 1 is 1.00 bits per heavy atom. The fourth-order valence-corrected chi connectivity index (χ4v) is 2.78. The van der Waals surface area contributed by atoms with Crippen LogP contribution < -0.4 is 9.47 Å². The molecule has 4 nitrogen and oxygen atoms in total. The molecule has 0 amide bonds. The zero-order valence-electron chi connectivity index (χ0n) is 16.0. The molecule has 0 aliphatic heterocycles. The summed E-state index contributed by atoms with van der Waals surface area (Å²) < 4.78 is 11.3. The second kappa shape index (κ2) is 9.91. The van der Waals surface area contributed by atoms with Gasteiger partial charge in [0.05, 0.1) is 23.8 Å². The molecule has 0 radical (unpaired) electrons. The van der Waals surface area contributed by atoms with Crippen molar-refractivity contribution in [2.75, 3.05) is 6.61 Å². The van der Waals surface area contributed by atoms with Crippen LogP contribution in [0.3, 0.4) is 0 Å². The minimum absolute atomic E-state index is 0.440. The third-order valence-corrected chi connectivity index (χ3v) is 4.33. The lowest BCUT2D eigenvalue weighted by atomic mass is 10.0. The predicted molar refractivity (Wildman–Crippen MR) is 113 cm³/mol. The van der Waals surface area contributed by atoms with E-state index in [1.165, 1.54) is 0 Å². The summed E-state index contributed by atoms with van der Waals surface area (Å²) in [4.78, 5) is 12.6. The van der Waals surface area contributed by atoms with Crippen LogP contribution in [0.1, 0.15) is 28.8 Å². The topological polar surface area (TPSA) is 59.3 Å². The van der Waals surface area contributed by atoms with Crippen molar-refractivity contribution < 1.29 is 14.3 Å². The number of rotatable bonds is 8. The van der Waals surface area contributed by atoms with Gasteiger partial charge in [-0.3, -0.25) is 0 Å². The Balaban J connectivity index is 1.71. The maximum Gasteiger partial charge on any atom is 0.343 e. The average molecular weight is 383 g/mol. The van der Waals surface area contributed by atoms with Crippen molar-refractivity contribution in [1.82, 2.24) is 0 Å². The van der Waals surface area contributed by atoms with E-state index in [0.717, 1.165) is 24.0 Å². The first-order chi connectivity index (χ1) is 14.2. The van der Waals surface area contributed by atoms with Gasteiger partial charge in [0.2, 0.25) is 0 Å². The molecule has 0 fully saturated rings. The largest absolute Gasteiger partial charge is 0.494 e. The van der Waals surface area contributed by atoms with Crippen molar-refractivity contribution in [2.24, 2.45) is 0 Å². The molecule has 0 aliphatic rings. The fraction of sp³-hybridized carbons (Fsp3) is 0.120. The molecule has 0 atom stereocenters. The van der Waals surface area contributed by atoms with Crippen LogP contribution in [-0.2, 0) is 0 Å². The Hall–Kier alpha value is -3.84. The molecule has 144 valence electrons. The van der Waals surface area contributed by atoms with Crippen molar-refractivity contribution in [3.8, 4) is 28.7 Å². The van der Waals surface area contributed by atoms with E-state index in [2.05, 4.69) is 12.6 Å². The molecule has 0 spiro atoms. The average Bonchev–Trinajstić information content (AvgIpc) is 2.77. The molecule has 3 rings (SSSR count). The van der Waals surface area contributed by atoms with Gasteiger partial charge in [-0.2, -0.15) is 5.26 Å². The van der Waals surface area contributed by atoms with Gasteiger partial charge in [0.1, 0.15) is 11.5 Å². The molecule has 0 bridgehead atoms. The molecule has 3 aromatic rings. The summed E-state index contributed by atoms with van der Waals surface area (Å²) in [5, 5.41) is 8.96. The van der Waals surface area contributed by atoms with Gasteiger partial charge in [0.15, 0.2) is 0 Å². The number of ether oxygens (including phenoxy) is 2. The molecule has 3 aromatic carbocycles. The highest BCUT2D eigenvalue weighted by Gasteiger charge is 2.13. The van der Waals surface area contributed by atoms with Gasteiger partial charge < -0.3 is 9.47 Å². The van der Waals surface area contributed by atoms with Crippen LogP contribution in [0.5, 0.6) is 11.5 Å². The van der Waals surface area contributed by atoms with E-state index in [4.69, 9.17) is 14.7 Å². The number of carbonyl (C=O) groups excluding carboxylic acids is 1. The van der Waals surface area contributed by atoms with Crippen molar-refractivity contribution in [2.45, 2.75) is 12.8 Å². The van der Waals surface area contributed by atoms with E-state index >= 15 is 0 Å². The van der Waals surface area contributed by atoms with E-state index in [0.29, 0.717) is 29.2 Å². The number of esters is 1. The van der Waals surface area contributed by atoms with Crippen LogP contribution in [-0.4, -0.2) is 12.6 Å². The Kier molecular flexibility index (Phi) is 6.80. The monoisotopic (exact) mass is 383 g/mol. The molecular weight excluding hydrogens is 362 g/mol. The minimum Gasteiger partial charge on any atom is -0.494 e. The van der Waals surface area contributed by atoms with Crippen molar-refractivity contribution in [1.29, 1.82) is 5.26 Å². The molecule has 29 heavy (non-hydrogen) atoms. The number of para-hydroxylation sites is 1. The second-order valence-corrected chi connectivity index (χ2v) is 6.38. The highest BCUT2D eigenvalue weighted by Crippen LogP contribution is 2.30. The predicted octanol–water partition coefficient (Wildman–Crippen LogP) is 5.79. The summed E-state index contributed by atoms with van der Waals surface area (Å²) in [6, 6.07) is 23.5. The Morgan fingerprint density at radius 3 is 2.41 bits per heavy atom. The molecule has 0 unspecified atom stereocenters. The van der Waals surface area contributed by atoms with Crippen LogP contribution in [0.2, 0.25) is 0 Å². The first-order valence-corrected chi connectivity index (χ1v) is 9.37. The van der Waals surface area contributed by atoms with Crippen molar-refractivity contribution >= 4 is 5.97 Å². The number of nitriles is 1. The fourth-order valence-electron chi connectivity index (χ4n) is 2.78. The van der Waals surface area contributed by atoms with Crippen LogP contribution in [0.4, 0.5) is 0 Å². The molecule has 0 saturated carbocycles. The first kappa shape index (κ1) is 19.9. The van der Waals surface area contributed by atoms with E-state index in [1.54, 1.807) is 42.5 Å². The summed E-state index contributed by atoms with van der Waals surface area (Å²) in [5.41, 5.74) is 2.68. The number of benzene rings is 3. The van der Waals surface area contributed by atoms with Gasteiger partial charge in [-0.25, -0.2) is 4.79 Å². The molecule has 0 saturated heterocycles. The highest BCUT2D eigenvalue weighted by molar-refractivity contribution is 5.92. The number of allylic oxidation sites excluding steroid dienone is 1. The van der Waals surface area contributed by atoms with Crippen LogP contribution >= 0.6 is 0 Å². The highest BCUT2D eigenvalue weighted by atomic mass is 16.5. The van der Waals surface area contributed by atoms with Crippen molar-refractivity contribution in [3.05, 3.63) is 96.6 Å². The summed E-state index contributed by atoms with van der Waals surface area (Å²) in [6.07, 6.45) is 3.67. The lowest BCUT2D eigenvalue weighted by Gasteiger charge is -2.11. The van der Waals surface area contributed by atoms with Gasteiger partial charge in [-0.15, -0.1) is 6.58 Å². The number of hydrogen-bond donors (Lipinski definition) is 0. The quantitative estimate of drug-likeness (QED) is 0.214. The smallest absolute Gasteiger partial charge is 0.343 e. The lowest BCUT2D eigenvalue weighted by Crippen LogP contribution is -2.09. The van der Waals surface area contributed by atoms with E-state index < -0.39 is 5.97 Å². The number of hydrogen-bond acceptors (Lipinski definition) is 4. The third kappa shape index (κ3) is 5.33. The van der Waals surface area contributed by atoms with Gasteiger partial charge in [0, 0.05) is 5.56 Å². The van der Waals surface area contributed by atoms with E-state index in [9.17, 15) is 4.79 Å². The summed E-state index contributed by atoms with van der Waals surface area (Å²) >= 11 is 0. The maximum atomic E-state index is 12.6. The van der Waals surface area contributed by atoms with Gasteiger partial charge in [-0.1, -0.05) is 36.4 Å². The second-order valence-electron chi connectivity index (χ2n) is 6.38. The number of carbonyl (C=O) groups is 1. The molecule has 0 heterocycles. The van der Waals surface area contributed by atoms with Crippen molar-refractivity contribution in [3.63, 3.8) is 0 Å². The van der Waals surface area contributed by atoms with Crippen LogP contribution in [0, 0.1) is 11.3 Å². The van der Waals surface area contributed by atoms with Gasteiger partial charge >= 0.3 is 5.97 Å². The molecule has 0 N–H and O–H groups in total. The Morgan fingerprint density at radius 2 is 1.72 bits per heavy atom. The molecule has 0 aromatic heterocycles. The standard InChI is InChI=1S/C25H21NO3/c1-2-3-6-17-28-22-15-13-21(14-16-22)25(27)29-24-8-5-4-7-23(24)20-11-9-19(18-26)10-12-20/h2,4-5,7-16H,1,3,6,17H2. The first-order valence-electron chi connectivity index (χ1n) is 9.37. The van der Waals surface area contributed by atoms with Crippen LogP contribution in [0.15, 0.2) is 85.5 Å². The normalized spacial score (nSPS) is 10.0. The summed E-state index contributed by atoms with van der Waals surface area (Å²) in [6.45, 7) is 4.29. The third-order valence-electron chi connectivity index (χ3n) is 4.33. The van der Waals surface area contributed by atoms with Crippen LogP contribution in [0.25, 0.3) is 11.1 Å². The maximum absolute atomic E-state index is 12.6. The zero-order valence-corrected chi connectivity index (χ0v) is 16.0. The summed E-state index contributed by atoms with van der Waals surface area (Å²) in [5.74, 6) is 0.736. The molecule has 4 heteroatoms.